The topological polar surface area (TPSA) is 24.9 Å². The lowest BCUT2D eigenvalue weighted by atomic mass is 9.89. The van der Waals surface area contributed by atoms with Gasteiger partial charge in [0.2, 0.25) is 0 Å². The monoisotopic (exact) mass is 272 g/mol. The van der Waals surface area contributed by atoms with Gasteiger partial charge in [-0.3, -0.25) is 0 Å². The smallest absolute Gasteiger partial charge is 0.106 e. The first-order valence-electron chi connectivity index (χ1n) is 7.06. The molecule has 1 aliphatic rings. The lowest BCUT2D eigenvalue weighted by Gasteiger charge is -2.19. The van der Waals surface area contributed by atoms with E-state index in [0.717, 1.165) is 11.6 Å². The van der Waals surface area contributed by atoms with Gasteiger partial charge in [-0.2, -0.15) is 0 Å². The number of benzene rings is 1. The molecule has 0 aliphatic heterocycles. The summed E-state index contributed by atoms with van der Waals surface area (Å²) in [5.74, 6) is 0. The highest BCUT2D eigenvalue weighted by molar-refractivity contribution is 7.09. The van der Waals surface area contributed by atoms with Crippen LogP contribution in [0.3, 0.4) is 0 Å². The van der Waals surface area contributed by atoms with E-state index in [2.05, 4.69) is 35.4 Å². The highest BCUT2D eigenvalue weighted by atomic mass is 32.1. The summed E-state index contributed by atoms with van der Waals surface area (Å²) in [6.07, 6.45) is 7.08. The normalized spacial score (nSPS) is 16.1. The van der Waals surface area contributed by atoms with Crippen molar-refractivity contribution in [3.05, 3.63) is 51.5 Å². The molecule has 100 valence electrons. The molecule has 3 heteroatoms. The van der Waals surface area contributed by atoms with Crippen molar-refractivity contribution >= 4 is 11.3 Å². The van der Waals surface area contributed by atoms with E-state index in [1.54, 1.807) is 22.5 Å². The van der Waals surface area contributed by atoms with Gasteiger partial charge < -0.3 is 5.32 Å². The standard InChI is InChI=1S/C16H20N2S/c1-12(18-11-16-17-8-9-19-16)14-7-6-13-4-2-3-5-15(13)10-14/h6-10,12,18H,2-5,11H2,1H3. The van der Waals surface area contributed by atoms with Crippen molar-refractivity contribution < 1.29 is 0 Å². The minimum Gasteiger partial charge on any atom is -0.304 e. The molecule has 2 nitrogen and oxygen atoms in total. The van der Waals surface area contributed by atoms with Crippen molar-refractivity contribution in [1.82, 2.24) is 10.3 Å². The van der Waals surface area contributed by atoms with Crippen LogP contribution < -0.4 is 5.32 Å². The SMILES string of the molecule is CC(NCc1nccs1)c1ccc2c(c1)CCCC2. The zero-order valence-corrected chi connectivity index (χ0v) is 12.2. The predicted molar refractivity (Wildman–Crippen MR) is 80.5 cm³/mol. The number of hydrogen-bond acceptors (Lipinski definition) is 3. The van der Waals surface area contributed by atoms with Gasteiger partial charge in [0, 0.05) is 24.2 Å². The molecule has 0 amide bonds. The lowest BCUT2D eigenvalue weighted by Crippen LogP contribution is -2.18. The van der Waals surface area contributed by atoms with E-state index in [-0.39, 0.29) is 0 Å². The van der Waals surface area contributed by atoms with Gasteiger partial charge in [0.25, 0.3) is 0 Å². The fourth-order valence-electron chi connectivity index (χ4n) is 2.72. The van der Waals surface area contributed by atoms with Crippen LogP contribution in [-0.2, 0) is 19.4 Å². The van der Waals surface area contributed by atoms with Crippen molar-refractivity contribution in [3.63, 3.8) is 0 Å². The first-order chi connectivity index (χ1) is 9.33. The second-order valence-electron chi connectivity index (χ2n) is 5.26. The number of rotatable bonds is 4. The van der Waals surface area contributed by atoms with Gasteiger partial charge >= 0.3 is 0 Å². The third-order valence-corrected chi connectivity index (χ3v) is 4.70. The van der Waals surface area contributed by atoms with Crippen molar-refractivity contribution in [1.29, 1.82) is 0 Å². The van der Waals surface area contributed by atoms with Crippen LogP contribution >= 0.6 is 11.3 Å². The van der Waals surface area contributed by atoms with Crippen LogP contribution in [-0.4, -0.2) is 4.98 Å². The largest absolute Gasteiger partial charge is 0.304 e. The van der Waals surface area contributed by atoms with Crippen LogP contribution in [0.2, 0.25) is 0 Å². The van der Waals surface area contributed by atoms with E-state index in [9.17, 15) is 0 Å². The molecule has 0 bridgehead atoms. The molecular formula is C16H20N2S. The van der Waals surface area contributed by atoms with E-state index in [0.29, 0.717) is 6.04 Å². The number of nitrogens with one attached hydrogen (secondary N) is 1. The molecule has 1 aromatic carbocycles. The van der Waals surface area contributed by atoms with Gasteiger partial charge in [-0.25, -0.2) is 4.98 Å². The summed E-state index contributed by atoms with van der Waals surface area (Å²) >= 11 is 1.71. The van der Waals surface area contributed by atoms with E-state index in [1.165, 1.54) is 31.2 Å². The molecule has 0 spiro atoms. The summed E-state index contributed by atoms with van der Waals surface area (Å²) in [5.41, 5.74) is 4.52. The highest BCUT2D eigenvalue weighted by Gasteiger charge is 2.12. The minimum absolute atomic E-state index is 0.385. The average Bonchev–Trinajstić information content (AvgIpc) is 2.97. The lowest BCUT2D eigenvalue weighted by molar-refractivity contribution is 0.571. The number of aryl methyl sites for hydroxylation is 2. The number of hydrogen-bond donors (Lipinski definition) is 1. The van der Waals surface area contributed by atoms with Crippen LogP contribution in [0.4, 0.5) is 0 Å². The quantitative estimate of drug-likeness (QED) is 0.914. The number of aromatic nitrogens is 1. The Morgan fingerprint density at radius 1 is 1.26 bits per heavy atom. The first-order valence-corrected chi connectivity index (χ1v) is 7.94. The Labute approximate surface area is 118 Å². The van der Waals surface area contributed by atoms with E-state index < -0.39 is 0 Å². The molecule has 1 heterocycles. The van der Waals surface area contributed by atoms with Gasteiger partial charge in [0.15, 0.2) is 0 Å². The van der Waals surface area contributed by atoms with E-state index in [4.69, 9.17) is 0 Å². The average molecular weight is 272 g/mol. The number of thiazole rings is 1. The second-order valence-corrected chi connectivity index (χ2v) is 6.24. The Morgan fingerprint density at radius 2 is 2.11 bits per heavy atom. The van der Waals surface area contributed by atoms with Gasteiger partial charge in [0.05, 0.1) is 0 Å². The summed E-state index contributed by atoms with van der Waals surface area (Å²) in [4.78, 5) is 4.31. The Kier molecular flexibility index (Phi) is 3.95. The molecule has 3 rings (SSSR count). The summed E-state index contributed by atoms with van der Waals surface area (Å²) in [7, 11) is 0. The molecule has 1 unspecified atom stereocenters. The van der Waals surface area contributed by atoms with Crippen molar-refractivity contribution in [2.45, 2.75) is 45.2 Å². The van der Waals surface area contributed by atoms with Gasteiger partial charge in [-0.05, 0) is 49.3 Å². The van der Waals surface area contributed by atoms with Crippen molar-refractivity contribution in [2.24, 2.45) is 0 Å². The Hall–Kier alpha value is -1.19. The molecule has 19 heavy (non-hydrogen) atoms. The highest BCUT2D eigenvalue weighted by Crippen LogP contribution is 2.24. The number of fused-ring (bicyclic) bond motifs is 1. The molecule has 1 N–H and O–H groups in total. The molecular weight excluding hydrogens is 252 g/mol. The van der Waals surface area contributed by atoms with Crippen molar-refractivity contribution in [2.75, 3.05) is 0 Å². The fraction of sp³-hybridized carbons (Fsp3) is 0.438. The first kappa shape index (κ1) is 12.8. The minimum atomic E-state index is 0.385. The summed E-state index contributed by atoms with van der Waals surface area (Å²) in [6, 6.07) is 7.39. The third kappa shape index (κ3) is 3.04. The molecule has 0 fully saturated rings. The zero-order valence-electron chi connectivity index (χ0n) is 11.4. The van der Waals surface area contributed by atoms with E-state index in [1.807, 2.05) is 11.6 Å². The van der Waals surface area contributed by atoms with Crippen molar-refractivity contribution in [3.8, 4) is 0 Å². The summed E-state index contributed by atoms with van der Waals surface area (Å²) < 4.78 is 0. The zero-order chi connectivity index (χ0) is 13.1. The van der Waals surface area contributed by atoms with Crippen LogP contribution in [0.25, 0.3) is 0 Å². The molecule has 2 aromatic rings. The predicted octanol–water partition coefficient (Wildman–Crippen LogP) is 3.87. The fourth-order valence-corrected chi connectivity index (χ4v) is 3.29. The Balaban J connectivity index is 1.67. The second kappa shape index (κ2) is 5.85. The van der Waals surface area contributed by atoms with Gasteiger partial charge in [-0.1, -0.05) is 18.2 Å². The van der Waals surface area contributed by atoms with Gasteiger partial charge in [0.1, 0.15) is 5.01 Å². The molecule has 0 saturated carbocycles. The maximum Gasteiger partial charge on any atom is 0.106 e. The Morgan fingerprint density at radius 3 is 2.89 bits per heavy atom. The summed E-state index contributed by atoms with van der Waals surface area (Å²) in [6.45, 7) is 3.09. The van der Waals surface area contributed by atoms with E-state index >= 15 is 0 Å². The van der Waals surface area contributed by atoms with Gasteiger partial charge in [-0.15, -0.1) is 11.3 Å². The third-order valence-electron chi connectivity index (χ3n) is 3.92. The maximum atomic E-state index is 4.31. The molecule has 1 aromatic heterocycles. The van der Waals surface area contributed by atoms with Crippen LogP contribution in [0.5, 0.6) is 0 Å². The van der Waals surface area contributed by atoms with Crippen LogP contribution in [0.15, 0.2) is 29.8 Å². The maximum absolute atomic E-state index is 4.31. The molecule has 0 saturated heterocycles. The Bertz CT molecular complexity index is 534. The molecule has 1 aliphatic carbocycles. The van der Waals surface area contributed by atoms with Crippen LogP contribution in [0, 0.1) is 0 Å². The van der Waals surface area contributed by atoms with Crippen LogP contribution in [0.1, 0.15) is 47.5 Å². The summed E-state index contributed by atoms with van der Waals surface area (Å²) in [5, 5.41) is 6.74. The molecule has 0 radical (unpaired) electrons. The molecule has 1 atom stereocenters. The number of nitrogens with zero attached hydrogens (tertiary/aromatic N) is 1.